The molecule has 0 bridgehead atoms. The SMILES string of the molecule is CCC(C)(C)NC(=O)[C@@H](c1ccc(F)cc1)N(C(=O)Cn1nnc2ccccc21)c1ccc(C(=O)OC)cc1. The Bertz CT molecular complexity index is 1480. The highest BCUT2D eigenvalue weighted by molar-refractivity contribution is 6.02. The molecule has 4 rings (SSSR count). The fraction of sp³-hybridized carbons (Fsp3) is 0.276. The van der Waals surface area contributed by atoms with Gasteiger partial charge in [0.25, 0.3) is 0 Å². The van der Waals surface area contributed by atoms with Gasteiger partial charge < -0.3 is 10.1 Å². The van der Waals surface area contributed by atoms with E-state index < -0.39 is 35.2 Å². The third kappa shape index (κ3) is 6.11. The van der Waals surface area contributed by atoms with Crippen molar-refractivity contribution in [3.63, 3.8) is 0 Å². The highest BCUT2D eigenvalue weighted by Gasteiger charge is 2.35. The fourth-order valence-electron chi connectivity index (χ4n) is 4.10. The number of benzene rings is 3. The van der Waals surface area contributed by atoms with Crippen LogP contribution in [0.5, 0.6) is 0 Å². The molecule has 0 saturated carbocycles. The lowest BCUT2D eigenvalue weighted by Crippen LogP contribution is -2.51. The molecular formula is C29H30FN5O4. The standard InChI is InChI=1S/C29H30FN5O4/c1-5-29(2,3)31-27(37)26(19-10-14-21(30)15-11-19)35(22-16-12-20(13-17-22)28(38)39-4)25(36)18-34-24-9-7-6-8-23(24)32-33-34/h6-17,26H,5,18H2,1-4H3,(H,31,37)/t26-/m1/s1. The molecule has 0 aliphatic heterocycles. The number of aromatic nitrogens is 3. The number of hydrogen-bond donors (Lipinski definition) is 1. The van der Waals surface area contributed by atoms with E-state index in [-0.39, 0.29) is 12.1 Å². The second-order valence-corrected chi connectivity index (χ2v) is 9.72. The van der Waals surface area contributed by atoms with E-state index in [9.17, 15) is 18.8 Å². The summed E-state index contributed by atoms with van der Waals surface area (Å²) < 4.78 is 20.1. The maximum atomic E-state index is 14.0. The van der Waals surface area contributed by atoms with Gasteiger partial charge in [0.1, 0.15) is 23.9 Å². The molecule has 1 aromatic heterocycles. The van der Waals surface area contributed by atoms with E-state index >= 15 is 0 Å². The highest BCUT2D eigenvalue weighted by atomic mass is 19.1. The molecule has 0 aliphatic rings. The Balaban J connectivity index is 1.83. The molecule has 1 heterocycles. The molecule has 2 amide bonds. The van der Waals surface area contributed by atoms with Gasteiger partial charge in [-0.3, -0.25) is 14.5 Å². The zero-order chi connectivity index (χ0) is 28.2. The molecule has 1 N–H and O–H groups in total. The van der Waals surface area contributed by atoms with Crippen LogP contribution in [0, 0.1) is 5.82 Å². The number of anilines is 1. The largest absolute Gasteiger partial charge is 0.465 e. The van der Waals surface area contributed by atoms with Crippen LogP contribution in [-0.4, -0.2) is 45.4 Å². The van der Waals surface area contributed by atoms with Crippen molar-refractivity contribution in [1.29, 1.82) is 0 Å². The van der Waals surface area contributed by atoms with Crippen molar-refractivity contribution in [3.8, 4) is 0 Å². The minimum Gasteiger partial charge on any atom is -0.465 e. The van der Waals surface area contributed by atoms with Gasteiger partial charge in [-0.05, 0) is 74.4 Å². The zero-order valence-electron chi connectivity index (χ0n) is 22.2. The van der Waals surface area contributed by atoms with Crippen molar-refractivity contribution in [2.75, 3.05) is 12.0 Å². The third-order valence-corrected chi connectivity index (χ3v) is 6.58. The maximum Gasteiger partial charge on any atom is 0.337 e. The molecule has 0 unspecified atom stereocenters. The molecule has 9 nitrogen and oxygen atoms in total. The summed E-state index contributed by atoms with van der Waals surface area (Å²) in [6.45, 7) is 5.48. The fourth-order valence-corrected chi connectivity index (χ4v) is 4.10. The molecule has 3 aromatic carbocycles. The maximum absolute atomic E-state index is 14.0. The molecule has 10 heteroatoms. The van der Waals surface area contributed by atoms with E-state index in [4.69, 9.17) is 4.74 Å². The van der Waals surface area contributed by atoms with Gasteiger partial charge in [0.05, 0.1) is 18.2 Å². The topological polar surface area (TPSA) is 106 Å². The number of ether oxygens (including phenoxy) is 1. The van der Waals surface area contributed by atoms with E-state index in [1.165, 1.54) is 53.1 Å². The summed E-state index contributed by atoms with van der Waals surface area (Å²) in [4.78, 5) is 41.3. The van der Waals surface area contributed by atoms with E-state index in [1.807, 2.05) is 32.9 Å². The third-order valence-electron chi connectivity index (χ3n) is 6.58. The Hall–Kier alpha value is -4.60. The van der Waals surface area contributed by atoms with Crippen LogP contribution < -0.4 is 10.2 Å². The van der Waals surface area contributed by atoms with Gasteiger partial charge in [-0.15, -0.1) is 5.10 Å². The molecule has 0 saturated heterocycles. The number of hydrogen-bond acceptors (Lipinski definition) is 6. The number of halogens is 1. The summed E-state index contributed by atoms with van der Waals surface area (Å²) in [5.74, 6) is -1.91. The quantitative estimate of drug-likeness (QED) is 0.320. The van der Waals surface area contributed by atoms with E-state index in [2.05, 4.69) is 15.6 Å². The molecule has 202 valence electrons. The first-order chi connectivity index (χ1) is 18.6. The molecule has 0 spiro atoms. The van der Waals surface area contributed by atoms with Gasteiger partial charge in [0.2, 0.25) is 11.8 Å². The van der Waals surface area contributed by atoms with Crippen LogP contribution in [0.4, 0.5) is 10.1 Å². The van der Waals surface area contributed by atoms with Crippen molar-refractivity contribution in [2.45, 2.75) is 45.3 Å². The van der Waals surface area contributed by atoms with E-state index in [1.54, 1.807) is 24.3 Å². The van der Waals surface area contributed by atoms with Gasteiger partial charge in [-0.25, -0.2) is 13.9 Å². The molecule has 39 heavy (non-hydrogen) atoms. The molecule has 0 aliphatic carbocycles. The second-order valence-electron chi connectivity index (χ2n) is 9.72. The zero-order valence-corrected chi connectivity index (χ0v) is 22.2. The van der Waals surface area contributed by atoms with Gasteiger partial charge in [0, 0.05) is 11.2 Å². The van der Waals surface area contributed by atoms with E-state index in [0.717, 1.165) is 0 Å². The average Bonchev–Trinajstić information content (AvgIpc) is 3.34. The number of rotatable bonds is 9. The smallest absolute Gasteiger partial charge is 0.337 e. The number of para-hydroxylation sites is 1. The number of esters is 1. The highest BCUT2D eigenvalue weighted by Crippen LogP contribution is 2.30. The number of methoxy groups -OCH3 is 1. The minimum absolute atomic E-state index is 0.221. The van der Waals surface area contributed by atoms with Crippen LogP contribution in [0.1, 0.15) is 49.2 Å². The van der Waals surface area contributed by atoms with Crippen LogP contribution >= 0.6 is 0 Å². The molecule has 1 atom stereocenters. The second kappa shape index (κ2) is 11.4. The number of carbonyl (C=O) groups is 3. The summed E-state index contributed by atoms with van der Waals surface area (Å²) >= 11 is 0. The van der Waals surface area contributed by atoms with Crippen molar-refractivity contribution in [3.05, 3.63) is 89.7 Å². The van der Waals surface area contributed by atoms with Crippen LogP contribution in [0.25, 0.3) is 11.0 Å². The lowest BCUT2D eigenvalue weighted by atomic mass is 9.98. The van der Waals surface area contributed by atoms with Crippen molar-refractivity contribution in [2.24, 2.45) is 0 Å². The van der Waals surface area contributed by atoms with Crippen LogP contribution in [0.3, 0.4) is 0 Å². The minimum atomic E-state index is -1.15. The first-order valence-electron chi connectivity index (χ1n) is 12.5. The molecule has 4 aromatic rings. The summed E-state index contributed by atoms with van der Waals surface area (Å²) in [6, 6.07) is 17.7. The Morgan fingerprint density at radius 1 is 1.03 bits per heavy atom. The number of amides is 2. The predicted octanol–water partition coefficient (Wildman–Crippen LogP) is 4.44. The van der Waals surface area contributed by atoms with Crippen LogP contribution in [-0.2, 0) is 20.9 Å². The predicted molar refractivity (Wildman–Crippen MR) is 144 cm³/mol. The number of nitrogens with zero attached hydrogens (tertiary/aromatic N) is 4. The van der Waals surface area contributed by atoms with Gasteiger partial charge in [-0.2, -0.15) is 0 Å². The van der Waals surface area contributed by atoms with Crippen molar-refractivity contribution < 1.29 is 23.5 Å². The first-order valence-corrected chi connectivity index (χ1v) is 12.5. The van der Waals surface area contributed by atoms with E-state index in [0.29, 0.717) is 28.7 Å². The van der Waals surface area contributed by atoms with Gasteiger partial charge in [0.15, 0.2) is 0 Å². The molecular weight excluding hydrogens is 501 g/mol. The van der Waals surface area contributed by atoms with Crippen LogP contribution in [0.2, 0.25) is 0 Å². The monoisotopic (exact) mass is 531 g/mol. The molecule has 0 radical (unpaired) electrons. The summed E-state index contributed by atoms with van der Waals surface area (Å²) in [6.07, 6.45) is 0.640. The number of fused-ring (bicyclic) bond motifs is 1. The van der Waals surface area contributed by atoms with Gasteiger partial charge in [-0.1, -0.05) is 36.4 Å². The number of nitrogens with one attached hydrogen (secondary N) is 1. The van der Waals surface area contributed by atoms with Gasteiger partial charge >= 0.3 is 5.97 Å². The Labute approximate surface area is 225 Å². The van der Waals surface area contributed by atoms with Crippen LogP contribution in [0.15, 0.2) is 72.8 Å². The summed E-state index contributed by atoms with van der Waals surface area (Å²) in [5, 5.41) is 11.3. The normalized spacial score (nSPS) is 12.1. The average molecular weight is 532 g/mol. The van der Waals surface area contributed by atoms with Crippen molar-refractivity contribution in [1.82, 2.24) is 20.3 Å². The summed E-state index contributed by atoms with van der Waals surface area (Å²) in [7, 11) is 1.28. The molecule has 0 fully saturated rings. The summed E-state index contributed by atoms with van der Waals surface area (Å²) in [5.41, 5.74) is 1.76. The Morgan fingerprint density at radius 3 is 2.33 bits per heavy atom. The first kappa shape index (κ1) is 27.4. The van der Waals surface area contributed by atoms with Crippen molar-refractivity contribution >= 4 is 34.5 Å². The lowest BCUT2D eigenvalue weighted by Gasteiger charge is -2.34. The lowest BCUT2D eigenvalue weighted by molar-refractivity contribution is -0.128. The Kier molecular flexibility index (Phi) is 8.04. The number of carbonyl (C=O) groups excluding carboxylic acids is 3. The Morgan fingerprint density at radius 2 is 1.69 bits per heavy atom.